The van der Waals surface area contributed by atoms with Gasteiger partial charge in [0.05, 0.1) is 18.0 Å². The third kappa shape index (κ3) is 2.37. The fourth-order valence-electron chi connectivity index (χ4n) is 2.00. The first-order valence-electron chi connectivity index (χ1n) is 6.10. The van der Waals surface area contributed by atoms with Gasteiger partial charge in [-0.2, -0.15) is 0 Å². The maximum Gasteiger partial charge on any atom is 0.262 e. The standard InChI is InChI=1S/C13H13N5O/c19-13-11-3-1-4-15-12(11)16-10-18(13)7-2-6-17-8-5-14-9-17/h1,3-5,8-10H,2,6-7H2. The second-order valence-corrected chi connectivity index (χ2v) is 4.27. The van der Waals surface area contributed by atoms with Gasteiger partial charge >= 0.3 is 0 Å². The molecule has 0 fully saturated rings. The summed E-state index contributed by atoms with van der Waals surface area (Å²) in [5.41, 5.74) is 0.460. The van der Waals surface area contributed by atoms with Crippen LogP contribution in [-0.2, 0) is 13.1 Å². The van der Waals surface area contributed by atoms with Crippen LogP contribution in [0.2, 0.25) is 0 Å². The predicted octanol–water partition coefficient (Wildman–Crippen LogP) is 1.08. The number of pyridine rings is 1. The molecular formula is C13H13N5O. The van der Waals surface area contributed by atoms with Crippen molar-refractivity contribution in [2.24, 2.45) is 0 Å². The molecule has 3 aromatic heterocycles. The minimum atomic E-state index is -0.0382. The predicted molar refractivity (Wildman–Crippen MR) is 70.6 cm³/mol. The molecule has 0 aliphatic carbocycles. The highest BCUT2D eigenvalue weighted by atomic mass is 16.1. The molecule has 0 saturated carbocycles. The van der Waals surface area contributed by atoms with Crippen molar-refractivity contribution in [1.82, 2.24) is 24.1 Å². The smallest absolute Gasteiger partial charge is 0.262 e. The third-order valence-corrected chi connectivity index (χ3v) is 2.97. The monoisotopic (exact) mass is 255 g/mol. The van der Waals surface area contributed by atoms with Crippen LogP contribution in [0.1, 0.15) is 6.42 Å². The highest BCUT2D eigenvalue weighted by Crippen LogP contribution is 2.01. The van der Waals surface area contributed by atoms with Gasteiger partial charge in [0.2, 0.25) is 0 Å². The highest BCUT2D eigenvalue weighted by Gasteiger charge is 2.03. The van der Waals surface area contributed by atoms with Crippen molar-refractivity contribution in [2.75, 3.05) is 0 Å². The molecule has 0 saturated heterocycles. The number of imidazole rings is 1. The van der Waals surface area contributed by atoms with E-state index in [9.17, 15) is 4.79 Å². The molecule has 3 heterocycles. The Balaban J connectivity index is 1.78. The molecule has 0 amide bonds. The van der Waals surface area contributed by atoms with E-state index in [1.54, 1.807) is 41.7 Å². The van der Waals surface area contributed by atoms with Crippen molar-refractivity contribution >= 4 is 11.0 Å². The number of aromatic nitrogens is 5. The zero-order chi connectivity index (χ0) is 13.1. The van der Waals surface area contributed by atoms with Gasteiger partial charge in [0.1, 0.15) is 0 Å². The molecule has 0 aromatic carbocycles. The van der Waals surface area contributed by atoms with Crippen LogP contribution in [-0.4, -0.2) is 24.1 Å². The van der Waals surface area contributed by atoms with E-state index < -0.39 is 0 Å². The molecule has 0 atom stereocenters. The van der Waals surface area contributed by atoms with E-state index in [1.165, 1.54) is 0 Å². The first-order chi connectivity index (χ1) is 9.34. The van der Waals surface area contributed by atoms with Crippen molar-refractivity contribution < 1.29 is 0 Å². The summed E-state index contributed by atoms with van der Waals surface area (Å²) in [6, 6.07) is 3.51. The number of hydrogen-bond donors (Lipinski definition) is 0. The van der Waals surface area contributed by atoms with Crippen molar-refractivity contribution in [3.05, 3.63) is 53.7 Å². The van der Waals surface area contributed by atoms with E-state index in [0.29, 0.717) is 17.6 Å². The molecule has 0 radical (unpaired) electrons. The molecule has 0 spiro atoms. The van der Waals surface area contributed by atoms with Crippen LogP contribution < -0.4 is 5.56 Å². The minimum absolute atomic E-state index is 0.0382. The largest absolute Gasteiger partial charge is 0.337 e. The minimum Gasteiger partial charge on any atom is -0.337 e. The average Bonchev–Trinajstić information content (AvgIpc) is 2.95. The van der Waals surface area contributed by atoms with Gasteiger partial charge in [0, 0.05) is 31.7 Å². The molecule has 6 nitrogen and oxygen atoms in total. The van der Waals surface area contributed by atoms with Crippen molar-refractivity contribution in [3.63, 3.8) is 0 Å². The summed E-state index contributed by atoms with van der Waals surface area (Å²) in [4.78, 5) is 24.4. The fourth-order valence-corrected chi connectivity index (χ4v) is 2.00. The lowest BCUT2D eigenvalue weighted by Gasteiger charge is -2.06. The Hall–Kier alpha value is -2.50. The third-order valence-electron chi connectivity index (χ3n) is 2.97. The Kier molecular flexibility index (Phi) is 3.06. The Labute approximate surface area is 109 Å². The van der Waals surface area contributed by atoms with Gasteiger partial charge < -0.3 is 4.57 Å². The molecule has 0 unspecified atom stereocenters. The van der Waals surface area contributed by atoms with Gasteiger partial charge in [-0.3, -0.25) is 9.36 Å². The first kappa shape index (κ1) is 11.6. The van der Waals surface area contributed by atoms with Crippen LogP contribution >= 0.6 is 0 Å². The number of aryl methyl sites for hydroxylation is 2. The number of fused-ring (bicyclic) bond motifs is 1. The lowest BCUT2D eigenvalue weighted by Crippen LogP contribution is -2.21. The van der Waals surface area contributed by atoms with Crippen molar-refractivity contribution in [3.8, 4) is 0 Å². The Morgan fingerprint density at radius 2 is 2.05 bits per heavy atom. The van der Waals surface area contributed by atoms with Crippen LogP contribution in [0.3, 0.4) is 0 Å². The van der Waals surface area contributed by atoms with E-state index in [2.05, 4.69) is 15.0 Å². The first-order valence-corrected chi connectivity index (χ1v) is 6.10. The molecule has 0 aliphatic rings. The molecule has 19 heavy (non-hydrogen) atoms. The van der Waals surface area contributed by atoms with E-state index in [0.717, 1.165) is 13.0 Å². The molecule has 0 aliphatic heterocycles. The van der Waals surface area contributed by atoms with E-state index in [4.69, 9.17) is 0 Å². The van der Waals surface area contributed by atoms with Crippen molar-refractivity contribution in [1.29, 1.82) is 0 Å². The zero-order valence-corrected chi connectivity index (χ0v) is 10.3. The quantitative estimate of drug-likeness (QED) is 0.699. The van der Waals surface area contributed by atoms with Crippen LogP contribution in [0.4, 0.5) is 0 Å². The molecule has 96 valence electrons. The Morgan fingerprint density at radius 1 is 1.11 bits per heavy atom. The van der Waals surface area contributed by atoms with Crippen LogP contribution in [0.25, 0.3) is 11.0 Å². The highest BCUT2D eigenvalue weighted by molar-refractivity contribution is 5.72. The summed E-state index contributed by atoms with van der Waals surface area (Å²) in [6.07, 6.45) is 9.47. The summed E-state index contributed by atoms with van der Waals surface area (Å²) in [5.74, 6) is 0. The number of nitrogens with zero attached hydrogens (tertiary/aromatic N) is 5. The summed E-state index contributed by atoms with van der Waals surface area (Å²) < 4.78 is 3.61. The second kappa shape index (κ2) is 5.01. The molecule has 6 heteroatoms. The SMILES string of the molecule is O=c1c2cccnc2ncn1CCCn1ccnc1. The summed E-state index contributed by atoms with van der Waals surface area (Å²) >= 11 is 0. The van der Waals surface area contributed by atoms with Gasteiger partial charge in [-0.25, -0.2) is 15.0 Å². The van der Waals surface area contributed by atoms with E-state index in [-0.39, 0.29) is 5.56 Å². The van der Waals surface area contributed by atoms with Gasteiger partial charge in [-0.1, -0.05) is 0 Å². The summed E-state index contributed by atoms with van der Waals surface area (Å²) in [5, 5.41) is 0.563. The van der Waals surface area contributed by atoms with Crippen LogP contribution in [0, 0.1) is 0 Å². The van der Waals surface area contributed by atoms with Gasteiger partial charge in [0.25, 0.3) is 5.56 Å². The fraction of sp³-hybridized carbons (Fsp3) is 0.231. The molecule has 3 aromatic rings. The van der Waals surface area contributed by atoms with Crippen LogP contribution in [0.15, 0.2) is 48.2 Å². The number of hydrogen-bond acceptors (Lipinski definition) is 4. The summed E-state index contributed by atoms with van der Waals surface area (Å²) in [6.45, 7) is 1.46. The molecular weight excluding hydrogens is 242 g/mol. The lowest BCUT2D eigenvalue weighted by molar-refractivity contribution is 0.550. The average molecular weight is 255 g/mol. The van der Waals surface area contributed by atoms with Crippen LogP contribution in [0.5, 0.6) is 0 Å². The Bertz CT molecular complexity index is 732. The Morgan fingerprint density at radius 3 is 2.89 bits per heavy atom. The van der Waals surface area contributed by atoms with E-state index in [1.807, 2.05) is 10.8 Å². The second-order valence-electron chi connectivity index (χ2n) is 4.27. The lowest BCUT2D eigenvalue weighted by atomic mass is 10.3. The zero-order valence-electron chi connectivity index (χ0n) is 10.3. The van der Waals surface area contributed by atoms with E-state index >= 15 is 0 Å². The van der Waals surface area contributed by atoms with Crippen molar-refractivity contribution in [2.45, 2.75) is 19.5 Å². The maximum absolute atomic E-state index is 12.2. The van der Waals surface area contributed by atoms with Gasteiger partial charge in [-0.05, 0) is 18.6 Å². The number of rotatable bonds is 4. The topological polar surface area (TPSA) is 65.6 Å². The van der Waals surface area contributed by atoms with Gasteiger partial charge in [-0.15, -0.1) is 0 Å². The molecule has 0 N–H and O–H groups in total. The molecule has 3 rings (SSSR count). The maximum atomic E-state index is 12.2. The van der Waals surface area contributed by atoms with Gasteiger partial charge in [0.15, 0.2) is 5.65 Å². The normalized spacial score (nSPS) is 10.9. The molecule has 0 bridgehead atoms. The summed E-state index contributed by atoms with van der Waals surface area (Å²) in [7, 11) is 0.